The van der Waals surface area contributed by atoms with E-state index in [9.17, 15) is 8.42 Å². The van der Waals surface area contributed by atoms with E-state index in [-0.39, 0.29) is 15.9 Å². The molecule has 0 bridgehead atoms. The second-order valence-electron chi connectivity index (χ2n) is 5.30. The first-order chi connectivity index (χ1) is 9.92. The van der Waals surface area contributed by atoms with Gasteiger partial charge in [-0.15, -0.1) is 0 Å². The molecule has 1 saturated heterocycles. The maximum absolute atomic E-state index is 12.4. The Kier molecular flexibility index (Phi) is 5.32. The Balaban J connectivity index is 2.10. The predicted octanol–water partition coefficient (Wildman–Crippen LogP) is 1.08. The maximum atomic E-state index is 12.4. The third-order valence-electron chi connectivity index (χ3n) is 3.77. The average Bonchev–Trinajstić information content (AvgIpc) is 2.99. The SMILES string of the molecule is CC(CNS(=O)(=O)c1ccccc1C(N)=S)N1CCCC1. The van der Waals surface area contributed by atoms with E-state index in [2.05, 4.69) is 9.62 Å². The summed E-state index contributed by atoms with van der Waals surface area (Å²) >= 11 is 4.92. The molecule has 116 valence electrons. The number of nitrogens with zero attached hydrogens (tertiary/aromatic N) is 1. The van der Waals surface area contributed by atoms with Gasteiger partial charge >= 0.3 is 0 Å². The van der Waals surface area contributed by atoms with Crippen LogP contribution in [-0.4, -0.2) is 44.0 Å². The molecule has 5 nitrogen and oxygen atoms in total. The summed E-state index contributed by atoms with van der Waals surface area (Å²) in [5, 5.41) is 0. The highest BCUT2D eigenvalue weighted by Gasteiger charge is 2.23. The van der Waals surface area contributed by atoms with E-state index in [1.54, 1.807) is 18.2 Å². The van der Waals surface area contributed by atoms with Gasteiger partial charge in [0, 0.05) is 18.2 Å². The van der Waals surface area contributed by atoms with E-state index in [1.807, 2.05) is 6.92 Å². The van der Waals surface area contributed by atoms with Crippen molar-refractivity contribution in [1.82, 2.24) is 9.62 Å². The summed E-state index contributed by atoms with van der Waals surface area (Å²) in [6, 6.07) is 6.72. The Bertz CT molecular complexity index is 610. The van der Waals surface area contributed by atoms with Crippen molar-refractivity contribution in [2.45, 2.75) is 30.7 Å². The van der Waals surface area contributed by atoms with Crippen molar-refractivity contribution in [2.24, 2.45) is 5.73 Å². The number of thiocarbonyl (C=S) groups is 1. The zero-order valence-corrected chi connectivity index (χ0v) is 13.7. The molecule has 0 radical (unpaired) electrons. The molecule has 1 atom stereocenters. The molecule has 2 rings (SSSR count). The Morgan fingerprint density at radius 1 is 1.38 bits per heavy atom. The molecule has 0 amide bonds. The van der Waals surface area contributed by atoms with Gasteiger partial charge < -0.3 is 5.73 Å². The summed E-state index contributed by atoms with van der Waals surface area (Å²) in [6.07, 6.45) is 2.36. The molecule has 1 aliphatic rings. The van der Waals surface area contributed by atoms with Crippen LogP contribution in [0.25, 0.3) is 0 Å². The molecule has 1 aliphatic heterocycles. The first-order valence-corrected chi connectivity index (χ1v) is 8.93. The van der Waals surface area contributed by atoms with Gasteiger partial charge in [0.05, 0.1) is 4.90 Å². The fourth-order valence-electron chi connectivity index (χ4n) is 2.52. The van der Waals surface area contributed by atoms with Crippen LogP contribution in [0, 0.1) is 0 Å². The largest absolute Gasteiger partial charge is 0.389 e. The van der Waals surface area contributed by atoms with Crippen LogP contribution >= 0.6 is 12.2 Å². The van der Waals surface area contributed by atoms with Crippen LogP contribution in [0.15, 0.2) is 29.2 Å². The Morgan fingerprint density at radius 2 is 2.00 bits per heavy atom. The number of rotatable bonds is 6. The second-order valence-corrected chi connectivity index (χ2v) is 7.48. The van der Waals surface area contributed by atoms with Crippen molar-refractivity contribution >= 4 is 27.2 Å². The minimum Gasteiger partial charge on any atom is -0.389 e. The highest BCUT2D eigenvalue weighted by molar-refractivity contribution is 7.89. The molecule has 0 saturated carbocycles. The number of likely N-dealkylation sites (tertiary alicyclic amines) is 1. The third kappa shape index (κ3) is 4.00. The zero-order valence-electron chi connectivity index (χ0n) is 12.1. The van der Waals surface area contributed by atoms with Crippen LogP contribution in [0.3, 0.4) is 0 Å². The van der Waals surface area contributed by atoms with E-state index in [0.29, 0.717) is 12.1 Å². The number of hydrogen-bond donors (Lipinski definition) is 2. The van der Waals surface area contributed by atoms with Gasteiger partial charge in [0.25, 0.3) is 0 Å². The molecule has 0 aromatic heterocycles. The number of sulfonamides is 1. The molecule has 1 unspecified atom stereocenters. The van der Waals surface area contributed by atoms with E-state index in [0.717, 1.165) is 13.1 Å². The van der Waals surface area contributed by atoms with Crippen molar-refractivity contribution in [2.75, 3.05) is 19.6 Å². The van der Waals surface area contributed by atoms with Crippen LogP contribution in [0.5, 0.6) is 0 Å². The first-order valence-electron chi connectivity index (χ1n) is 7.04. The van der Waals surface area contributed by atoms with E-state index in [1.165, 1.54) is 18.9 Å². The summed E-state index contributed by atoms with van der Waals surface area (Å²) < 4.78 is 27.5. The lowest BCUT2D eigenvalue weighted by molar-refractivity contribution is 0.260. The zero-order chi connectivity index (χ0) is 15.5. The van der Waals surface area contributed by atoms with Crippen LogP contribution < -0.4 is 10.5 Å². The summed E-state index contributed by atoms with van der Waals surface area (Å²) in [5.41, 5.74) is 5.98. The van der Waals surface area contributed by atoms with Crippen LogP contribution in [0.2, 0.25) is 0 Å². The van der Waals surface area contributed by atoms with Crippen molar-refractivity contribution in [3.05, 3.63) is 29.8 Å². The standard InChI is InChI=1S/C14H21N3O2S2/c1-11(17-8-4-5-9-17)10-16-21(18,19)13-7-3-2-6-12(13)14(15)20/h2-3,6-7,11,16H,4-5,8-10H2,1H3,(H2,15,20). The third-order valence-corrected chi connectivity index (χ3v) is 5.48. The maximum Gasteiger partial charge on any atom is 0.241 e. The van der Waals surface area contributed by atoms with Gasteiger partial charge in [-0.3, -0.25) is 4.90 Å². The number of hydrogen-bond acceptors (Lipinski definition) is 4. The first kappa shape index (κ1) is 16.4. The van der Waals surface area contributed by atoms with Gasteiger partial charge in [-0.05, 0) is 38.9 Å². The van der Waals surface area contributed by atoms with E-state index in [4.69, 9.17) is 18.0 Å². The highest BCUT2D eigenvalue weighted by Crippen LogP contribution is 2.16. The minimum absolute atomic E-state index is 0.0866. The van der Waals surface area contributed by atoms with Gasteiger partial charge in [0.15, 0.2) is 0 Å². The molecule has 0 spiro atoms. The molecule has 0 aliphatic carbocycles. The van der Waals surface area contributed by atoms with E-state index < -0.39 is 10.0 Å². The lowest BCUT2D eigenvalue weighted by Gasteiger charge is -2.24. The number of benzene rings is 1. The van der Waals surface area contributed by atoms with Gasteiger partial charge in [0.1, 0.15) is 4.99 Å². The quantitative estimate of drug-likeness (QED) is 0.765. The normalized spacial score (nSPS) is 17.8. The lowest BCUT2D eigenvalue weighted by atomic mass is 10.2. The minimum atomic E-state index is -3.60. The van der Waals surface area contributed by atoms with Gasteiger partial charge in [0.2, 0.25) is 10.0 Å². The number of nitrogens with one attached hydrogen (secondary N) is 1. The van der Waals surface area contributed by atoms with Gasteiger partial charge in [-0.2, -0.15) is 0 Å². The molecule has 7 heteroatoms. The molecule has 1 aromatic rings. The molecule has 21 heavy (non-hydrogen) atoms. The average molecular weight is 327 g/mol. The summed E-state index contributed by atoms with van der Waals surface area (Å²) in [5.74, 6) is 0. The highest BCUT2D eigenvalue weighted by atomic mass is 32.2. The summed E-state index contributed by atoms with van der Waals surface area (Å²) in [6.45, 7) is 4.49. The Labute approximate surface area is 131 Å². The number of nitrogens with two attached hydrogens (primary N) is 1. The monoisotopic (exact) mass is 327 g/mol. The van der Waals surface area contributed by atoms with Crippen molar-refractivity contribution in [3.63, 3.8) is 0 Å². The Hall–Kier alpha value is -1.02. The van der Waals surface area contributed by atoms with Crippen molar-refractivity contribution < 1.29 is 8.42 Å². The molecule has 1 aromatic carbocycles. The van der Waals surface area contributed by atoms with Crippen LogP contribution in [0.1, 0.15) is 25.3 Å². The van der Waals surface area contributed by atoms with Gasteiger partial charge in [-0.25, -0.2) is 13.1 Å². The molecular formula is C14H21N3O2S2. The van der Waals surface area contributed by atoms with Crippen LogP contribution in [-0.2, 0) is 10.0 Å². The molecule has 3 N–H and O–H groups in total. The summed E-state index contributed by atoms with van der Waals surface area (Å²) in [4.78, 5) is 2.52. The lowest BCUT2D eigenvalue weighted by Crippen LogP contribution is -2.41. The molecule has 1 fully saturated rings. The summed E-state index contributed by atoms with van der Waals surface area (Å²) in [7, 11) is -3.60. The van der Waals surface area contributed by atoms with Crippen molar-refractivity contribution in [3.8, 4) is 0 Å². The second kappa shape index (κ2) is 6.83. The smallest absolute Gasteiger partial charge is 0.241 e. The predicted molar refractivity (Wildman–Crippen MR) is 87.8 cm³/mol. The molecular weight excluding hydrogens is 306 g/mol. The fourth-order valence-corrected chi connectivity index (χ4v) is 4.11. The van der Waals surface area contributed by atoms with Crippen molar-refractivity contribution in [1.29, 1.82) is 0 Å². The van der Waals surface area contributed by atoms with Crippen LogP contribution in [0.4, 0.5) is 0 Å². The Morgan fingerprint density at radius 3 is 2.62 bits per heavy atom. The fraction of sp³-hybridized carbons (Fsp3) is 0.500. The topological polar surface area (TPSA) is 75.4 Å². The van der Waals surface area contributed by atoms with Gasteiger partial charge in [-0.1, -0.05) is 30.4 Å². The van der Waals surface area contributed by atoms with E-state index >= 15 is 0 Å². The molecule has 1 heterocycles.